The van der Waals surface area contributed by atoms with E-state index in [1.165, 1.54) is 16.1 Å². The lowest BCUT2D eigenvalue weighted by atomic mass is 10.3. The second kappa shape index (κ2) is 4.70. The zero-order valence-corrected chi connectivity index (χ0v) is 11.9. The molecule has 0 atom stereocenters. The van der Waals surface area contributed by atoms with E-state index in [9.17, 15) is 4.79 Å². The monoisotopic (exact) mass is 276 g/mol. The summed E-state index contributed by atoms with van der Waals surface area (Å²) in [6.07, 6.45) is 6.09. The summed E-state index contributed by atoms with van der Waals surface area (Å²) in [4.78, 5) is 14.1. The Labute approximate surface area is 114 Å². The Kier molecular flexibility index (Phi) is 3.02. The number of fused-ring (bicyclic) bond motifs is 1. The molecule has 1 aliphatic heterocycles. The van der Waals surface area contributed by atoms with Crippen LogP contribution in [0.1, 0.15) is 13.8 Å². The number of hydrogen-bond donors (Lipinski definition) is 0. The Bertz CT molecular complexity index is 767. The molecule has 3 rings (SSSR count). The van der Waals surface area contributed by atoms with Gasteiger partial charge < -0.3 is 4.90 Å². The second-order valence-corrected chi connectivity index (χ2v) is 5.24. The van der Waals surface area contributed by atoms with Crippen molar-refractivity contribution in [2.45, 2.75) is 26.9 Å². The Morgan fingerprint density at radius 3 is 2.84 bits per heavy atom. The average Bonchev–Trinajstić information content (AvgIpc) is 3.00. The van der Waals surface area contributed by atoms with Gasteiger partial charge in [0.2, 0.25) is 0 Å². The maximum absolute atomic E-state index is 12.0. The minimum absolute atomic E-state index is 0.0574. The van der Waals surface area contributed by atoms with Gasteiger partial charge in [0.1, 0.15) is 5.82 Å². The molecule has 2 aromatic rings. The highest BCUT2D eigenvalue weighted by Crippen LogP contribution is 2.14. The Hall–Kier alpha value is -1.82. The van der Waals surface area contributed by atoms with Crippen molar-refractivity contribution in [2.75, 3.05) is 11.4 Å². The van der Waals surface area contributed by atoms with E-state index in [0.717, 1.165) is 24.1 Å². The standard InChI is InChI=1S/C13H16N4OS/c1-3-16-12(7-13(18)17(16)4-2)15-6-5-11-10(9-15)8-14-19-11/h5,7-9H,3-4,6H2,1-2H3. The third-order valence-electron chi connectivity index (χ3n) is 3.35. The van der Waals surface area contributed by atoms with Crippen LogP contribution < -0.4 is 20.2 Å². The van der Waals surface area contributed by atoms with Gasteiger partial charge in [-0.1, -0.05) is 0 Å². The molecule has 5 nitrogen and oxygen atoms in total. The topological polar surface area (TPSA) is 43.1 Å². The van der Waals surface area contributed by atoms with Crippen molar-refractivity contribution in [3.63, 3.8) is 0 Å². The van der Waals surface area contributed by atoms with Gasteiger partial charge in [0.05, 0.1) is 4.53 Å². The maximum atomic E-state index is 12.0. The van der Waals surface area contributed by atoms with Crippen LogP contribution in [0.5, 0.6) is 0 Å². The molecule has 100 valence electrons. The largest absolute Gasteiger partial charge is 0.329 e. The summed E-state index contributed by atoms with van der Waals surface area (Å²) in [7, 11) is 0. The molecule has 0 spiro atoms. The highest BCUT2D eigenvalue weighted by atomic mass is 32.1. The zero-order chi connectivity index (χ0) is 13.4. The third-order valence-corrected chi connectivity index (χ3v) is 4.16. The van der Waals surface area contributed by atoms with E-state index in [2.05, 4.69) is 28.5 Å². The molecular formula is C13H16N4OS. The summed E-state index contributed by atoms with van der Waals surface area (Å²) in [5.74, 6) is 0.947. The fourth-order valence-electron chi connectivity index (χ4n) is 2.46. The first-order chi connectivity index (χ1) is 9.24. The van der Waals surface area contributed by atoms with E-state index in [1.807, 2.05) is 17.8 Å². The van der Waals surface area contributed by atoms with E-state index >= 15 is 0 Å². The molecule has 0 saturated carbocycles. The molecule has 0 N–H and O–H groups in total. The third kappa shape index (κ3) is 1.92. The van der Waals surface area contributed by atoms with Gasteiger partial charge in [-0.25, -0.2) is 4.68 Å². The van der Waals surface area contributed by atoms with Gasteiger partial charge in [-0.3, -0.25) is 9.48 Å². The van der Waals surface area contributed by atoms with Gasteiger partial charge >= 0.3 is 0 Å². The Balaban J connectivity index is 2.12. The van der Waals surface area contributed by atoms with Gasteiger partial charge in [-0.05, 0) is 31.5 Å². The van der Waals surface area contributed by atoms with Crippen molar-refractivity contribution in [1.82, 2.24) is 13.7 Å². The first-order valence-corrected chi connectivity index (χ1v) is 7.22. The lowest BCUT2D eigenvalue weighted by Gasteiger charge is -2.22. The zero-order valence-electron chi connectivity index (χ0n) is 11.0. The highest BCUT2D eigenvalue weighted by Gasteiger charge is 2.15. The van der Waals surface area contributed by atoms with Crippen LogP contribution in [0, 0.1) is 0 Å². The molecule has 6 heteroatoms. The normalized spacial score (nSPS) is 13.9. The molecule has 0 fully saturated rings. The van der Waals surface area contributed by atoms with Crippen molar-refractivity contribution >= 4 is 29.6 Å². The SMILES string of the molecule is CCn1c(N2C=c3cnsc3=CC2)cc(=O)n1CC. The van der Waals surface area contributed by atoms with Crippen LogP contribution in [-0.2, 0) is 13.1 Å². The number of nitrogens with zero attached hydrogens (tertiary/aromatic N) is 4. The van der Waals surface area contributed by atoms with Crippen molar-refractivity contribution in [1.29, 1.82) is 0 Å². The molecule has 0 bridgehead atoms. The van der Waals surface area contributed by atoms with E-state index in [4.69, 9.17) is 0 Å². The molecule has 0 amide bonds. The van der Waals surface area contributed by atoms with E-state index in [1.54, 1.807) is 10.7 Å². The number of rotatable bonds is 3. The minimum Gasteiger partial charge on any atom is -0.329 e. The predicted octanol–water partition coefficient (Wildman–Crippen LogP) is 0.185. The van der Waals surface area contributed by atoms with E-state index < -0.39 is 0 Å². The Morgan fingerprint density at radius 1 is 1.32 bits per heavy atom. The summed E-state index contributed by atoms with van der Waals surface area (Å²) in [5.41, 5.74) is 0.0574. The van der Waals surface area contributed by atoms with E-state index in [0.29, 0.717) is 6.54 Å². The van der Waals surface area contributed by atoms with Crippen LogP contribution in [-0.4, -0.2) is 20.3 Å². The molecule has 3 heterocycles. The first-order valence-electron chi connectivity index (χ1n) is 6.44. The molecule has 0 saturated heterocycles. The molecule has 0 aromatic carbocycles. The molecular weight excluding hydrogens is 260 g/mol. The van der Waals surface area contributed by atoms with Crippen molar-refractivity contribution in [3.05, 3.63) is 32.4 Å². The van der Waals surface area contributed by atoms with Crippen molar-refractivity contribution < 1.29 is 0 Å². The molecule has 1 aliphatic rings. The van der Waals surface area contributed by atoms with Crippen LogP contribution in [0.25, 0.3) is 12.3 Å². The van der Waals surface area contributed by atoms with Gasteiger partial charge in [0, 0.05) is 43.3 Å². The molecule has 19 heavy (non-hydrogen) atoms. The molecule has 0 aliphatic carbocycles. The summed E-state index contributed by atoms with van der Waals surface area (Å²) in [6, 6.07) is 1.71. The van der Waals surface area contributed by atoms with Crippen LogP contribution >= 0.6 is 11.5 Å². The molecule has 0 radical (unpaired) electrons. The lowest BCUT2D eigenvalue weighted by Crippen LogP contribution is -2.33. The van der Waals surface area contributed by atoms with Crippen LogP contribution in [0.4, 0.5) is 5.82 Å². The van der Waals surface area contributed by atoms with Crippen LogP contribution in [0.2, 0.25) is 0 Å². The lowest BCUT2D eigenvalue weighted by molar-refractivity contribution is 0.478. The number of anilines is 1. The number of hydrogen-bond acceptors (Lipinski definition) is 4. The quantitative estimate of drug-likeness (QED) is 0.803. The number of aromatic nitrogens is 3. The summed E-state index contributed by atoms with van der Waals surface area (Å²) < 4.78 is 9.19. The summed E-state index contributed by atoms with van der Waals surface area (Å²) >= 11 is 1.51. The van der Waals surface area contributed by atoms with Gasteiger partial charge in [-0.2, -0.15) is 4.37 Å². The Morgan fingerprint density at radius 2 is 2.11 bits per heavy atom. The second-order valence-electron chi connectivity index (χ2n) is 4.40. The van der Waals surface area contributed by atoms with Gasteiger partial charge in [0.15, 0.2) is 0 Å². The highest BCUT2D eigenvalue weighted by molar-refractivity contribution is 7.03. The smallest absolute Gasteiger partial charge is 0.268 e. The first kappa shape index (κ1) is 12.2. The van der Waals surface area contributed by atoms with Gasteiger partial charge in [0.25, 0.3) is 5.56 Å². The van der Waals surface area contributed by atoms with Crippen LogP contribution in [0.15, 0.2) is 17.1 Å². The fourth-order valence-corrected chi connectivity index (χ4v) is 3.10. The van der Waals surface area contributed by atoms with Crippen molar-refractivity contribution in [2.24, 2.45) is 0 Å². The van der Waals surface area contributed by atoms with Gasteiger partial charge in [-0.15, -0.1) is 0 Å². The average molecular weight is 276 g/mol. The predicted molar refractivity (Wildman–Crippen MR) is 77.7 cm³/mol. The molecule has 2 aromatic heterocycles. The fraction of sp³-hybridized carbons (Fsp3) is 0.385. The maximum Gasteiger partial charge on any atom is 0.268 e. The van der Waals surface area contributed by atoms with E-state index in [-0.39, 0.29) is 5.56 Å². The van der Waals surface area contributed by atoms with Crippen LogP contribution in [0.3, 0.4) is 0 Å². The van der Waals surface area contributed by atoms with Crippen molar-refractivity contribution in [3.8, 4) is 0 Å². The molecule has 0 unspecified atom stereocenters. The summed E-state index contributed by atoms with van der Waals surface area (Å²) in [6.45, 7) is 6.30. The summed E-state index contributed by atoms with van der Waals surface area (Å²) in [5, 5.41) is 1.12. The minimum atomic E-state index is 0.0574.